The molecule has 0 atom stereocenters. The lowest BCUT2D eigenvalue weighted by molar-refractivity contribution is 0.194. The number of rotatable bonds is 3. The number of nitrogens with one attached hydrogen (secondary N) is 1. The first-order valence-electron chi connectivity index (χ1n) is 7.77. The summed E-state index contributed by atoms with van der Waals surface area (Å²) in [6.07, 6.45) is -1.19. The first-order valence-corrected chi connectivity index (χ1v) is 8.56. The normalized spacial score (nSPS) is 9.93. The van der Waals surface area contributed by atoms with Crippen LogP contribution >= 0.6 is 15.9 Å². The molecule has 0 aromatic heterocycles. The molecule has 0 bridgehead atoms. The minimum Gasteiger partial charge on any atom is -0.465 e. The van der Waals surface area contributed by atoms with Crippen molar-refractivity contribution in [1.29, 1.82) is 0 Å². The van der Waals surface area contributed by atoms with Gasteiger partial charge in [0.05, 0.1) is 0 Å². The van der Waals surface area contributed by atoms with Gasteiger partial charge in [0.2, 0.25) is 0 Å². The van der Waals surface area contributed by atoms with E-state index in [1.54, 1.807) is 30.3 Å². The molecule has 2 N–H and O–H groups in total. The van der Waals surface area contributed by atoms with E-state index in [0.29, 0.717) is 16.7 Å². The fourth-order valence-corrected chi connectivity index (χ4v) is 2.48. The molecule has 0 heterocycles. The Balaban J connectivity index is 0.000000273. The van der Waals surface area contributed by atoms with Gasteiger partial charge in [-0.3, -0.25) is 0 Å². The Hall–Kier alpha value is -2.80. The van der Waals surface area contributed by atoms with Crippen molar-refractivity contribution in [3.05, 3.63) is 94.2 Å². The summed E-state index contributed by atoms with van der Waals surface area (Å²) in [6.45, 7) is -0.0141. The summed E-state index contributed by atoms with van der Waals surface area (Å²) >= 11 is 3.18. The molecule has 3 rings (SSSR count). The van der Waals surface area contributed by atoms with Gasteiger partial charge in [0.1, 0.15) is 17.5 Å². The van der Waals surface area contributed by atoms with Crippen molar-refractivity contribution in [2.24, 2.45) is 0 Å². The van der Waals surface area contributed by atoms with Crippen LogP contribution in [0.4, 0.5) is 18.0 Å². The first kappa shape index (κ1) is 20.5. The summed E-state index contributed by atoms with van der Waals surface area (Å²) in [5.74, 6) is -1.02. The fraction of sp³-hybridized carbons (Fsp3) is 0.0500. The molecule has 27 heavy (non-hydrogen) atoms. The van der Waals surface area contributed by atoms with E-state index in [1.807, 2.05) is 0 Å². The van der Waals surface area contributed by atoms with Crippen LogP contribution in [0.1, 0.15) is 5.56 Å². The molecule has 0 unspecified atom stereocenters. The Bertz CT molecular complexity index is 879. The van der Waals surface area contributed by atoms with Gasteiger partial charge in [-0.05, 0) is 65.2 Å². The van der Waals surface area contributed by atoms with Crippen molar-refractivity contribution < 1.29 is 23.1 Å². The van der Waals surface area contributed by atoms with Gasteiger partial charge in [-0.25, -0.2) is 18.0 Å². The van der Waals surface area contributed by atoms with Gasteiger partial charge >= 0.3 is 6.09 Å². The lowest BCUT2D eigenvalue weighted by atomic mass is 9.99. The van der Waals surface area contributed by atoms with Gasteiger partial charge in [0, 0.05) is 11.0 Å². The van der Waals surface area contributed by atoms with Crippen LogP contribution in [-0.4, -0.2) is 11.2 Å². The smallest absolute Gasteiger partial charge is 0.404 e. The van der Waals surface area contributed by atoms with E-state index in [0.717, 1.165) is 4.47 Å². The number of hydrogen-bond acceptors (Lipinski definition) is 1. The number of carbonyl (C=O) groups is 1. The molecule has 140 valence electrons. The third kappa shape index (κ3) is 6.79. The van der Waals surface area contributed by atoms with Gasteiger partial charge in [-0.2, -0.15) is 0 Å². The molecule has 3 aromatic carbocycles. The molecule has 0 spiro atoms. The SMILES string of the molecule is Fc1ccc(Br)cc1.O=C(O)NCc1cc(F)ccc1-c1ccc(F)cc1. The van der Waals surface area contributed by atoms with Gasteiger partial charge < -0.3 is 10.4 Å². The minimum atomic E-state index is -1.19. The number of benzene rings is 3. The molecule has 0 aliphatic heterocycles. The third-order valence-corrected chi connectivity index (χ3v) is 3.98. The molecular weight excluding hydrogens is 423 g/mol. The minimum absolute atomic E-state index is 0.0141. The second-order valence-corrected chi connectivity index (χ2v) is 6.32. The molecular formula is C20H15BrF3NO2. The van der Waals surface area contributed by atoms with Crippen LogP contribution in [0.2, 0.25) is 0 Å². The van der Waals surface area contributed by atoms with Crippen molar-refractivity contribution >= 4 is 22.0 Å². The Morgan fingerprint density at radius 1 is 0.852 bits per heavy atom. The zero-order chi connectivity index (χ0) is 19.8. The largest absolute Gasteiger partial charge is 0.465 e. The predicted octanol–water partition coefficient (Wildman–Crippen LogP) is 5.99. The topological polar surface area (TPSA) is 49.3 Å². The molecule has 0 aliphatic carbocycles. The molecule has 0 saturated heterocycles. The number of amides is 1. The van der Waals surface area contributed by atoms with Crippen LogP contribution in [0.5, 0.6) is 0 Å². The van der Waals surface area contributed by atoms with Gasteiger partial charge in [-0.1, -0.05) is 34.1 Å². The second-order valence-electron chi connectivity index (χ2n) is 5.40. The van der Waals surface area contributed by atoms with Crippen molar-refractivity contribution in [1.82, 2.24) is 5.32 Å². The molecule has 0 saturated carbocycles. The molecule has 0 aliphatic rings. The highest BCUT2D eigenvalue weighted by atomic mass is 79.9. The number of carboxylic acid groups (broad SMARTS) is 1. The van der Waals surface area contributed by atoms with E-state index < -0.39 is 11.9 Å². The summed E-state index contributed by atoms with van der Waals surface area (Å²) in [6, 6.07) is 15.9. The highest BCUT2D eigenvalue weighted by Gasteiger charge is 2.08. The van der Waals surface area contributed by atoms with E-state index in [1.165, 1.54) is 36.4 Å². The summed E-state index contributed by atoms with van der Waals surface area (Å²) in [7, 11) is 0. The fourth-order valence-electron chi connectivity index (χ4n) is 2.22. The maximum Gasteiger partial charge on any atom is 0.404 e. The Morgan fingerprint density at radius 3 is 1.89 bits per heavy atom. The van der Waals surface area contributed by atoms with Crippen LogP contribution in [0.15, 0.2) is 71.2 Å². The quantitative estimate of drug-likeness (QED) is 0.528. The molecule has 3 nitrogen and oxygen atoms in total. The summed E-state index contributed by atoms with van der Waals surface area (Å²) < 4.78 is 39.1. The standard InChI is InChI=1S/C14H11F2NO2.C6H4BrF/c15-11-3-1-9(2-4-11)13-6-5-12(16)7-10(13)8-17-14(18)19;7-5-1-3-6(8)4-2-5/h1-7,17H,8H2,(H,18,19);1-4H. The Kier molecular flexibility index (Phi) is 7.43. The number of halogens is 4. The third-order valence-electron chi connectivity index (χ3n) is 3.46. The van der Waals surface area contributed by atoms with Crippen LogP contribution in [0.25, 0.3) is 11.1 Å². The van der Waals surface area contributed by atoms with Crippen molar-refractivity contribution in [2.45, 2.75) is 6.54 Å². The van der Waals surface area contributed by atoms with E-state index in [2.05, 4.69) is 21.2 Å². The van der Waals surface area contributed by atoms with Crippen LogP contribution in [0, 0.1) is 17.5 Å². The molecule has 3 aromatic rings. The van der Waals surface area contributed by atoms with Crippen molar-refractivity contribution in [2.75, 3.05) is 0 Å². The Labute approximate surface area is 162 Å². The van der Waals surface area contributed by atoms with E-state index >= 15 is 0 Å². The average molecular weight is 438 g/mol. The predicted molar refractivity (Wildman–Crippen MR) is 101 cm³/mol. The van der Waals surface area contributed by atoms with Crippen molar-refractivity contribution in [3.63, 3.8) is 0 Å². The van der Waals surface area contributed by atoms with Crippen LogP contribution in [0.3, 0.4) is 0 Å². The average Bonchev–Trinajstić information content (AvgIpc) is 2.64. The van der Waals surface area contributed by atoms with Gasteiger partial charge in [0.15, 0.2) is 0 Å². The number of hydrogen-bond donors (Lipinski definition) is 2. The monoisotopic (exact) mass is 437 g/mol. The molecule has 0 fully saturated rings. The lowest BCUT2D eigenvalue weighted by Crippen LogP contribution is -2.20. The zero-order valence-corrected chi connectivity index (χ0v) is 15.5. The second kappa shape index (κ2) is 9.78. The first-order chi connectivity index (χ1) is 12.8. The van der Waals surface area contributed by atoms with Crippen LogP contribution < -0.4 is 5.32 Å². The van der Waals surface area contributed by atoms with E-state index in [9.17, 15) is 18.0 Å². The lowest BCUT2D eigenvalue weighted by Gasteiger charge is -2.10. The van der Waals surface area contributed by atoms with E-state index in [4.69, 9.17) is 5.11 Å². The molecule has 1 amide bonds. The Morgan fingerprint density at radius 2 is 1.37 bits per heavy atom. The van der Waals surface area contributed by atoms with Gasteiger partial charge in [-0.15, -0.1) is 0 Å². The van der Waals surface area contributed by atoms with Crippen molar-refractivity contribution in [3.8, 4) is 11.1 Å². The molecule has 7 heteroatoms. The summed E-state index contributed by atoms with van der Waals surface area (Å²) in [5.41, 5.74) is 1.85. The maximum absolute atomic E-state index is 13.2. The zero-order valence-electron chi connectivity index (χ0n) is 13.9. The summed E-state index contributed by atoms with van der Waals surface area (Å²) in [5, 5.41) is 10.8. The maximum atomic E-state index is 13.2. The van der Waals surface area contributed by atoms with Gasteiger partial charge in [0.25, 0.3) is 0 Å². The van der Waals surface area contributed by atoms with Crippen LogP contribution in [-0.2, 0) is 6.54 Å². The highest BCUT2D eigenvalue weighted by Crippen LogP contribution is 2.25. The summed E-state index contributed by atoms with van der Waals surface area (Å²) in [4.78, 5) is 10.5. The van der Waals surface area contributed by atoms with E-state index in [-0.39, 0.29) is 18.2 Å². The highest BCUT2D eigenvalue weighted by molar-refractivity contribution is 9.10. The molecule has 0 radical (unpaired) electrons.